The van der Waals surface area contributed by atoms with Crippen LogP contribution in [0.25, 0.3) is 22.4 Å². The Bertz CT molecular complexity index is 1190. The number of aromatic nitrogens is 4. The molecule has 0 aliphatic heterocycles. The van der Waals surface area contributed by atoms with Gasteiger partial charge in [-0.2, -0.15) is 0 Å². The molecule has 2 heterocycles. The SMILES string of the molecule is CCOc1ccccc1-c1nnc(SCc2nc3ccccc3c(=O)n2C)o1. The lowest BCUT2D eigenvalue weighted by molar-refractivity contribution is 0.340. The maximum absolute atomic E-state index is 12.5. The van der Waals surface area contributed by atoms with Gasteiger partial charge in [0.05, 0.1) is 28.8 Å². The first-order valence-corrected chi connectivity index (χ1v) is 9.79. The normalized spacial score (nSPS) is 11.1. The first kappa shape index (κ1) is 18.2. The molecular weight excluding hydrogens is 376 g/mol. The minimum absolute atomic E-state index is 0.0712. The molecule has 4 rings (SSSR count). The van der Waals surface area contributed by atoms with E-state index in [0.717, 1.165) is 5.56 Å². The first-order valence-electron chi connectivity index (χ1n) is 8.80. The van der Waals surface area contributed by atoms with Crippen LogP contribution in [0.3, 0.4) is 0 Å². The van der Waals surface area contributed by atoms with Crippen molar-refractivity contribution in [2.75, 3.05) is 6.61 Å². The summed E-state index contributed by atoms with van der Waals surface area (Å²) in [6, 6.07) is 14.8. The van der Waals surface area contributed by atoms with Crippen molar-refractivity contribution in [3.05, 3.63) is 64.7 Å². The highest BCUT2D eigenvalue weighted by Crippen LogP contribution is 2.31. The number of hydrogen-bond acceptors (Lipinski definition) is 7. The third-order valence-corrected chi connectivity index (χ3v) is 5.04. The molecule has 0 bridgehead atoms. The summed E-state index contributed by atoms with van der Waals surface area (Å²) in [4.78, 5) is 17.1. The molecule has 0 amide bonds. The van der Waals surface area contributed by atoms with Crippen LogP contribution < -0.4 is 10.3 Å². The number of rotatable bonds is 6. The van der Waals surface area contributed by atoms with Crippen LogP contribution in [0, 0.1) is 0 Å². The standard InChI is InChI=1S/C20H18N4O3S/c1-3-26-16-11-7-5-9-14(16)18-22-23-20(27-18)28-12-17-21-15-10-6-4-8-13(15)19(25)24(17)2/h4-11H,3,12H2,1-2H3. The Hall–Kier alpha value is -3.13. The van der Waals surface area contributed by atoms with Crippen LogP contribution in [0.4, 0.5) is 0 Å². The molecule has 142 valence electrons. The van der Waals surface area contributed by atoms with E-state index in [0.29, 0.717) is 46.0 Å². The van der Waals surface area contributed by atoms with Gasteiger partial charge in [0.2, 0.25) is 0 Å². The highest BCUT2D eigenvalue weighted by Gasteiger charge is 2.15. The maximum Gasteiger partial charge on any atom is 0.277 e. The van der Waals surface area contributed by atoms with Gasteiger partial charge < -0.3 is 9.15 Å². The van der Waals surface area contributed by atoms with Crippen molar-refractivity contribution >= 4 is 22.7 Å². The predicted molar refractivity (Wildman–Crippen MR) is 107 cm³/mol. The largest absolute Gasteiger partial charge is 0.493 e. The number of hydrogen-bond donors (Lipinski definition) is 0. The van der Waals surface area contributed by atoms with Crippen LogP contribution >= 0.6 is 11.8 Å². The quantitative estimate of drug-likeness (QED) is 0.461. The van der Waals surface area contributed by atoms with Crippen molar-refractivity contribution in [1.82, 2.24) is 19.7 Å². The Kier molecular flexibility index (Phi) is 5.12. The molecule has 0 N–H and O–H groups in total. The van der Waals surface area contributed by atoms with Gasteiger partial charge in [0.1, 0.15) is 11.6 Å². The highest BCUT2D eigenvalue weighted by molar-refractivity contribution is 7.98. The van der Waals surface area contributed by atoms with Gasteiger partial charge in [0.25, 0.3) is 16.7 Å². The summed E-state index contributed by atoms with van der Waals surface area (Å²) in [5.74, 6) is 2.17. The van der Waals surface area contributed by atoms with Crippen LogP contribution in [0.15, 0.2) is 63.0 Å². The number of benzene rings is 2. The smallest absolute Gasteiger partial charge is 0.277 e. The Morgan fingerprint density at radius 1 is 1.11 bits per heavy atom. The Balaban J connectivity index is 1.57. The van der Waals surface area contributed by atoms with Crippen molar-refractivity contribution in [3.8, 4) is 17.2 Å². The Morgan fingerprint density at radius 2 is 1.89 bits per heavy atom. The summed E-state index contributed by atoms with van der Waals surface area (Å²) < 4.78 is 13.0. The Morgan fingerprint density at radius 3 is 2.75 bits per heavy atom. The van der Waals surface area contributed by atoms with Crippen molar-refractivity contribution < 1.29 is 9.15 Å². The summed E-state index contributed by atoms with van der Waals surface area (Å²) in [5, 5.41) is 9.23. The first-order chi connectivity index (χ1) is 13.7. The summed E-state index contributed by atoms with van der Waals surface area (Å²) in [7, 11) is 1.72. The van der Waals surface area contributed by atoms with E-state index in [4.69, 9.17) is 9.15 Å². The second-order valence-electron chi connectivity index (χ2n) is 6.00. The topological polar surface area (TPSA) is 83.0 Å². The van der Waals surface area contributed by atoms with E-state index in [9.17, 15) is 4.79 Å². The number of thioether (sulfide) groups is 1. The second kappa shape index (κ2) is 7.85. The minimum atomic E-state index is -0.0712. The van der Waals surface area contributed by atoms with E-state index in [1.54, 1.807) is 17.7 Å². The van der Waals surface area contributed by atoms with Crippen molar-refractivity contribution in [3.63, 3.8) is 0 Å². The molecule has 0 unspecified atom stereocenters. The summed E-state index contributed by atoms with van der Waals surface area (Å²) in [6.07, 6.45) is 0. The number of para-hydroxylation sites is 2. The fourth-order valence-corrected chi connectivity index (χ4v) is 3.57. The van der Waals surface area contributed by atoms with E-state index in [-0.39, 0.29) is 5.56 Å². The van der Waals surface area contributed by atoms with Gasteiger partial charge in [0, 0.05) is 7.05 Å². The van der Waals surface area contributed by atoms with Crippen molar-refractivity contribution in [2.45, 2.75) is 17.9 Å². The van der Waals surface area contributed by atoms with Crippen LogP contribution in [0.1, 0.15) is 12.7 Å². The van der Waals surface area contributed by atoms with E-state index in [2.05, 4.69) is 15.2 Å². The zero-order chi connectivity index (χ0) is 19.5. The summed E-state index contributed by atoms with van der Waals surface area (Å²) >= 11 is 1.34. The molecule has 4 aromatic rings. The van der Waals surface area contributed by atoms with Crippen molar-refractivity contribution in [1.29, 1.82) is 0 Å². The molecule has 8 heteroatoms. The van der Waals surface area contributed by atoms with Gasteiger partial charge in [-0.3, -0.25) is 9.36 Å². The lowest BCUT2D eigenvalue weighted by Gasteiger charge is -2.07. The van der Waals surface area contributed by atoms with Crippen LogP contribution in [-0.2, 0) is 12.8 Å². The van der Waals surface area contributed by atoms with Gasteiger partial charge in [-0.15, -0.1) is 10.2 Å². The minimum Gasteiger partial charge on any atom is -0.493 e. The highest BCUT2D eigenvalue weighted by atomic mass is 32.2. The van der Waals surface area contributed by atoms with Crippen LogP contribution in [0.5, 0.6) is 5.75 Å². The van der Waals surface area contributed by atoms with Crippen molar-refractivity contribution in [2.24, 2.45) is 7.05 Å². The Labute approximate surface area is 165 Å². The number of nitrogens with zero attached hydrogens (tertiary/aromatic N) is 4. The van der Waals surface area contributed by atoms with E-state index in [1.807, 2.05) is 49.4 Å². The summed E-state index contributed by atoms with van der Waals surface area (Å²) in [6.45, 7) is 2.47. The molecule has 7 nitrogen and oxygen atoms in total. The molecule has 0 spiro atoms. The third-order valence-electron chi connectivity index (χ3n) is 4.22. The average Bonchev–Trinajstić information content (AvgIpc) is 3.19. The molecule has 0 saturated heterocycles. The molecule has 2 aromatic heterocycles. The van der Waals surface area contributed by atoms with Crippen LogP contribution in [-0.4, -0.2) is 26.4 Å². The number of fused-ring (bicyclic) bond motifs is 1. The predicted octanol–water partition coefficient (Wildman–Crippen LogP) is 3.67. The zero-order valence-corrected chi connectivity index (χ0v) is 16.3. The summed E-state index contributed by atoms with van der Waals surface area (Å²) in [5.41, 5.74) is 1.36. The lowest BCUT2D eigenvalue weighted by atomic mass is 10.2. The monoisotopic (exact) mass is 394 g/mol. The van der Waals surface area contributed by atoms with Crippen LogP contribution in [0.2, 0.25) is 0 Å². The molecule has 0 aliphatic rings. The lowest BCUT2D eigenvalue weighted by Crippen LogP contribution is -2.21. The van der Waals surface area contributed by atoms with Gasteiger partial charge >= 0.3 is 0 Å². The molecule has 0 radical (unpaired) electrons. The van der Waals surface area contributed by atoms with E-state index < -0.39 is 0 Å². The molecular formula is C20H18N4O3S. The van der Waals surface area contributed by atoms with E-state index in [1.165, 1.54) is 11.8 Å². The van der Waals surface area contributed by atoms with Gasteiger partial charge in [-0.25, -0.2) is 4.98 Å². The average molecular weight is 394 g/mol. The molecule has 28 heavy (non-hydrogen) atoms. The van der Waals surface area contributed by atoms with Gasteiger partial charge in [-0.1, -0.05) is 36.0 Å². The van der Waals surface area contributed by atoms with E-state index >= 15 is 0 Å². The third kappa shape index (κ3) is 3.50. The van der Waals surface area contributed by atoms with Gasteiger partial charge in [-0.05, 0) is 31.2 Å². The zero-order valence-electron chi connectivity index (χ0n) is 15.5. The van der Waals surface area contributed by atoms with Gasteiger partial charge in [0.15, 0.2) is 0 Å². The second-order valence-corrected chi connectivity index (χ2v) is 6.93. The molecule has 2 aromatic carbocycles. The fourth-order valence-electron chi connectivity index (χ4n) is 2.82. The number of ether oxygens (including phenoxy) is 1. The molecule has 0 saturated carbocycles. The molecule has 0 atom stereocenters. The fraction of sp³-hybridized carbons (Fsp3) is 0.200. The maximum atomic E-state index is 12.5. The molecule has 0 fully saturated rings. The molecule has 0 aliphatic carbocycles.